The third-order valence-corrected chi connectivity index (χ3v) is 5.39. The van der Waals surface area contributed by atoms with Gasteiger partial charge in [0.25, 0.3) is 5.89 Å². The van der Waals surface area contributed by atoms with Crippen LogP contribution in [0.1, 0.15) is 23.0 Å². The second-order valence-electron chi connectivity index (χ2n) is 7.70. The fourth-order valence-corrected chi connectivity index (χ4v) is 3.82. The Morgan fingerprint density at radius 1 is 1.07 bits per heavy atom. The summed E-state index contributed by atoms with van der Waals surface area (Å²) in [6.07, 6.45) is 8.28. The molecule has 4 heterocycles. The number of nitrogens with one attached hydrogen (secondary N) is 1. The van der Waals surface area contributed by atoms with E-state index in [4.69, 9.17) is 4.42 Å². The van der Waals surface area contributed by atoms with Crippen LogP contribution in [0, 0.1) is 13.8 Å². The molecule has 1 aromatic carbocycles. The lowest BCUT2D eigenvalue weighted by Crippen LogP contribution is -2.30. The monoisotopic (exact) mass is 397 g/mol. The van der Waals surface area contributed by atoms with Crippen LogP contribution in [0.2, 0.25) is 0 Å². The van der Waals surface area contributed by atoms with Gasteiger partial charge in [0.05, 0.1) is 0 Å². The van der Waals surface area contributed by atoms with Crippen molar-refractivity contribution in [2.75, 3.05) is 13.1 Å². The van der Waals surface area contributed by atoms with Crippen molar-refractivity contribution in [3.63, 3.8) is 0 Å². The van der Waals surface area contributed by atoms with E-state index < -0.39 is 0 Å². The molecule has 0 saturated carbocycles. The van der Waals surface area contributed by atoms with Crippen molar-refractivity contribution >= 4 is 5.70 Å². The molecule has 3 aromatic rings. The number of dihydropyridines is 1. The number of aryl methyl sites for hydroxylation is 2. The van der Waals surface area contributed by atoms with Crippen molar-refractivity contribution in [1.82, 2.24) is 25.4 Å². The van der Waals surface area contributed by atoms with Crippen LogP contribution in [0.5, 0.6) is 0 Å². The second-order valence-corrected chi connectivity index (χ2v) is 7.70. The van der Waals surface area contributed by atoms with Crippen molar-refractivity contribution in [2.45, 2.75) is 20.4 Å². The van der Waals surface area contributed by atoms with Gasteiger partial charge >= 0.3 is 0 Å². The van der Waals surface area contributed by atoms with Crippen LogP contribution < -0.4 is 5.32 Å². The van der Waals surface area contributed by atoms with Crippen LogP contribution in [0.3, 0.4) is 0 Å². The minimum atomic E-state index is 0.541. The maximum atomic E-state index is 5.54. The summed E-state index contributed by atoms with van der Waals surface area (Å²) in [7, 11) is 0. The largest absolute Gasteiger partial charge is 0.420 e. The Labute approximate surface area is 175 Å². The molecule has 2 aliphatic rings. The number of rotatable bonds is 4. The number of aromatic nitrogens is 3. The van der Waals surface area contributed by atoms with Gasteiger partial charge < -0.3 is 14.6 Å². The number of nitrogens with zero attached hydrogens (tertiary/aromatic N) is 4. The molecule has 0 bridgehead atoms. The highest BCUT2D eigenvalue weighted by Crippen LogP contribution is 2.26. The van der Waals surface area contributed by atoms with Crippen molar-refractivity contribution < 1.29 is 4.42 Å². The van der Waals surface area contributed by atoms with Crippen molar-refractivity contribution in [1.29, 1.82) is 0 Å². The third-order valence-electron chi connectivity index (χ3n) is 5.39. The first-order valence-corrected chi connectivity index (χ1v) is 10.1. The van der Waals surface area contributed by atoms with Gasteiger partial charge in [0.1, 0.15) is 5.70 Å². The van der Waals surface area contributed by atoms with Gasteiger partial charge in [-0.3, -0.25) is 4.98 Å². The van der Waals surface area contributed by atoms with E-state index in [9.17, 15) is 0 Å². The van der Waals surface area contributed by atoms with E-state index in [-0.39, 0.29) is 0 Å². The van der Waals surface area contributed by atoms with Crippen LogP contribution in [-0.2, 0) is 6.54 Å². The fourth-order valence-electron chi connectivity index (χ4n) is 3.82. The fraction of sp³-hybridized carbons (Fsp3) is 0.208. The molecule has 2 aromatic heterocycles. The molecule has 0 spiro atoms. The Morgan fingerprint density at radius 2 is 1.93 bits per heavy atom. The van der Waals surface area contributed by atoms with E-state index in [1.165, 1.54) is 27.8 Å². The zero-order valence-electron chi connectivity index (χ0n) is 17.1. The van der Waals surface area contributed by atoms with Crippen LogP contribution in [0.25, 0.3) is 16.8 Å². The Morgan fingerprint density at radius 3 is 2.70 bits per heavy atom. The number of benzene rings is 1. The van der Waals surface area contributed by atoms with E-state index >= 15 is 0 Å². The molecule has 0 saturated heterocycles. The average Bonchev–Trinajstić information content (AvgIpc) is 3.20. The molecule has 0 unspecified atom stereocenters. The minimum absolute atomic E-state index is 0.541. The summed E-state index contributed by atoms with van der Waals surface area (Å²) in [5, 5.41) is 11.4. The molecule has 30 heavy (non-hydrogen) atoms. The summed E-state index contributed by atoms with van der Waals surface area (Å²) in [4.78, 5) is 6.61. The number of pyridine rings is 1. The van der Waals surface area contributed by atoms with Gasteiger partial charge in [-0.25, -0.2) is 0 Å². The quantitative estimate of drug-likeness (QED) is 0.717. The predicted molar refractivity (Wildman–Crippen MR) is 116 cm³/mol. The van der Waals surface area contributed by atoms with E-state index in [0.29, 0.717) is 11.8 Å². The minimum Gasteiger partial charge on any atom is -0.420 e. The smallest absolute Gasteiger partial charge is 0.263 e. The molecular formula is C24H23N5O. The average molecular weight is 397 g/mol. The highest BCUT2D eigenvalue weighted by atomic mass is 16.4. The lowest BCUT2D eigenvalue weighted by molar-refractivity contribution is 0.390. The van der Waals surface area contributed by atoms with E-state index in [1.54, 1.807) is 6.92 Å². The first-order valence-electron chi connectivity index (χ1n) is 10.1. The Balaban J connectivity index is 1.27. The zero-order valence-corrected chi connectivity index (χ0v) is 17.1. The topological polar surface area (TPSA) is 67.1 Å². The van der Waals surface area contributed by atoms with Crippen molar-refractivity contribution in [3.8, 4) is 11.1 Å². The van der Waals surface area contributed by atoms with Crippen LogP contribution >= 0.6 is 0 Å². The predicted octanol–water partition coefficient (Wildman–Crippen LogP) is 4.02. The first-order chi connectivity index (χ1) is 14.6. The van der Waals surface area contributed by atoms with Gasteiger partial charge in [-0.15, -0.1) is 10.2 Å². The van der Waals surface area contributed by atoms with Gasteiger partial charge in [-0.1, -0.05) is 24.3 Å². The highest BCUT2D eigenvalue weighted by molar-refractivity contribution is 5.66. The van der Waals surface area contributed by atoms with Crippen LogP contribution in [0.4, 0.5) is 0 Å². The van der Waals surface area contributed by atoms with Crippen molar-refractivity contribution in [3.05, 3.63) is 95.1 Å². The highest BCUT2D eigenvalue weighted by Gasteiger charge is 2.20. The molecule has 150 valence electrons. The Kier molecular flexibility index (Phi) is 4.67. The summed E-state index contributed by atoms with van der Waals surface area (Å²) in [6.45, 7) is 6.38. The molecule has 0 atom stereocenters. The molecule has 0 amide bonds. The molecule has 6 nitrogen and oxygen atoms in total. The molecule has 0 aliphatic carbocycles. The zero-order chi connectivity index (χ0) is 20.5. The van der Waals surface area contributed by atoms with Gasteiger partial charge in [-0.05, 0) is 59.0 Å². The van der Waals surface area contributed by atoms with E-state index in [2.05, 4.69) is 80.1 Å². The molecule has 6 heteroatoms. The molecular weight excluding hydrogens is 374 g/mol. The van der Waals surface area contributed by atoms with Crippen molar-refractivity contribution in [2.24, 2.45) is 0 Å². The molecule has 0 fully saturated rings. The summed E-state index contributed by atoms with van der Waals surface area (Å²) in [5.74, 6) is 1.11. The lowest BCUT2D eigenvalue weighted by Gasteiger charge is -2.29. The van der Waals surface area contributed by atoms with Gasteiger partial charge in [-0.2, -0.15) is 0 Å². The SMILES string of the molecule is Cc1cc(-c2ccc(CN3C=CC4=C(CNC(c5nnc(C)o5)=C4)C3)cc2)ccn1. The van der Waals surface area contributed by atoms with Crippen LogP contribution in [-0.4, -0.2) is 33.2 Å². The number of hydrogen-bond donors (Lipinski definition) is 1. The normalized spacial score (nSPS) is 15.7. The summed E-state index contributed by atoms with van der Waals surface area (Å²) in [6, 6.07) is 13.0. The van der Waals surface area contributed by atoms with Crippen LogP contribution in [0.15, 0.2) is 76.5 Å². The maximum absolute atomic E-state index is 5.54. The molecule has 5 rings (SSSR count). The van der Waals surface area contributed by atoms with Gasteiger partial charge in [0.2, 0.25) is 5.89 Å². The molecule has 0 radical (unpaired) electrons. The van der Waals surface area contributed by atoms with Gasteiger partial charge in [0, 0.05) is 44.6 Å². The maximum Gasteiger partial charge on any atom is 0.263 e. The standard InChI is InChI=1S/C24H23N5O/c1-16-11-20(7-9-25-16)19-5-3-18(4-6-19)14-29-10-8-21-12-23(26-13-22(21)15-29)24-28-27-17(2)30-24/h3-12,26H,13-15H2,1-2H3. The summed E-state index contributed by atoms with van der Waals surface area (Å²) < 4.78 is 5.54. The first kappa shape index (κ1) is 18.4. The summed E-state index contributed by atoms with van der Waals surface area (Å²) in [5.41, 5.74) is 8.21. The Bertz CT molecular complexity index is 1170. The van der Waals surface area contributed by atoms with E-state index in [0.717, 1.165) is 31.0 Å². The van der Waals surface area contributed by atoms with Gasteiger partial charge in [0.15, 0.2) is 0 Å². The summed E-state index contributed by atoms with van der Waals surface area (Å²) >= 11 is 0. The van der Waals surface area contributed by atoms with E-state index in [1.807, 2.05) is 13.1 Å². The Hall–Kier alpha value is -3.67. The third kappa shape index (κ3) is 3.76. The number of allylic oxidation sites excluding steroid dienone is 3. The molecule has 2 aliphatic heterocycles. The lowest BCUT2D eigenvalue weighted by atomic mass is 9.99. The number of hydrogen-bond acceptors (Lipinski definition) is 6. The second kappa shape index (κ2) is 7.63. The molecule has 1 N–H and O–H groups in total.